The molecule has 0 amide bonds. The van der Waals surface area contributed by atoms with Crippen molar-refractivity contribution in [2.75, 3.05) is 5.32 Å². The van der Waals surface area contributed by atoms with E-state index in [0.717, 1.165) is 17.7 Å². The van der Waals surface area contributed by atoms with Gasteiger partial charge in [-0.25, -0.2) is 14.4 Å². The average molecular weight is 374 g/mol. The summed E-state index contributed by atoms with van der Waals surface area (Å²) in [4.78, 5) is 8.80. The normalized spacial score (nSPS) is 13.2. The van der Waals surface area contributed by atoms with Gasteiger partial charge in [0.05, 0.1) is 17.3 Å². The summed E-state index contributed by atoms with van der Waals surface area (Å²) in [7, 11) is 0. The van der Waals surface area contributed by atoms with Gasteiger partial charge in [0.2, 0.25) is 5.95 Å². The maximum absolute atomic E-state index is 13.9. The Hall–Kier alpha value is -3.74. The fourth-order valence-electron chi connectivity index (χ4n) is 3.29. The molecule has 3 heterocycles. The van der Waals surface area contributed by atoms with Crippen LogP contribution < -0.4 is 10.1 Å². The Morgan fingerprint density at radius 3 is 2.93 bits per heavy atom. The topological polar surface area (TPSA) is 84.0 Å². The van der Waals surface area contributed by atoms with E-state index in [2.05, 4.69) is 15.3 Å². The first-order valence-corrected chi connectivity index (χ1v) is 8.82. The molecule has 5 rings (SSSR count). The Kier molecular flexibility index (Phi) is 3.79. The predicted octanol–water partition coefficient (Wildman–Crippen LogP) is 5.07. The van der Waals surface area contributed by atoms with Crippen molar-refractivity contribution in [3.05, 3.63) is 66.3 Å². The Labute approximate surface area is 159 Å². The van der Waals surface area contributed by atoms with Gasteiger partial charge in [-0.05, 0) is 42.3 Å². The molecule has 0 radical (unpaired) electrons. The standard InChI is InChI=1S/C21H15FN4O2/c22-16-5-4-15(20-14(16)8-10-27-20)17-7-9-24-21(26-17)25-13-3-1-12-2-6-19(23)28-18(12)11-13/h1,3-5,7-11,23H,2,6H2,(H,24,25,26). The van der Waals surface area contributed by atoms with Gasteiger partial charge in [-0.15, -0.1) is 0 Å². The van der Waals surface area contributed by atoms with E-state index in [1.807, 2.05) is 18.2 Å². The Bertz CT molecular complexity index is 1220. The van der Waals surface area contributed by atoms with Crippen LogP contribution in [0.25, 0.3) is 22.2 Å². The summed E-state index contributed by atoms with van der Waals surface area (Å²) in [6.07, 6.45) is 4.50. The lowest BCUT2D eigenvalue weighted by molar-refractivity contribution is 0.499. The van der Waals surface area contributed by atoms with Crippen LogP contribution in [-0.4, -0.2) is 15.9 Å². The van der Waals surface area contributed by atoms with Crippen molar-refractivity contribution in [2.24, 2.45) is 0 Å². The minimum absolute atomic E-state index is 0.265. The zero-order valence-electron chi connectivity index (χ0n) is 14.7. The molecule has 0 aliphatic carbocycles. The van der Waals surface area contributed by atoms with E-state index in [9.17, 15) is 4.39 Å². The lowest BCUT2D eigenvalue weighted by Crippen LogP contribution is -2.15. The van der Waals surface area contributed by atoms with Gasteiger partial charge in [0.15, 0.2) is 5.90 Å². The minimum Gasteiger partial charge on any atom is -0.464 e. The fraction of sp³-hybridized carbons (Fsp3) is 0.0952. The van der Waals surface area contributed by atoms with Crippen molar-refractivity contribution in [2.45, 2.75) is 12.8 Å². The SMILES string of the molecule is N=C1CCc2ccc(Nc3nccc(-c4ccc(F)c5ccoc45)n3)cc2O1. The van der Waals surface area contributed by atoms with E-state index >= 15 is 0 Å². The number of aryl methyl sites for hydroxylation is 1. The number of ether oxygens (including phenoxy) is 1. The van der Waals surface area contributed by atoms with E-state index in [1.165, 1.54) is 12.3 Å². The second-order valence-electron chi connectivity index (χ2n) is 6.50. The third kappa shape index (κ3) is 2.87. The number of hydrogen-bond acceptors (Lipinski definition) is 6. The molecule has 0 unspecified atom stereocenters. The number of fused-ring (bicyclic) bond motifs is 2. The van der Waals surface area contributed by atoms with Gasteiger partial charge in [0.25, 0.3) is 0 Å². The van der Waals surface area contributed by atoms with Gasteiger partial charge >= 0.3 is 0 Å². The molecule has 0 spiro atoms. The lowest BCUT2D eigenvalue weighted by Gasteiger charge is -2.18. The van der Waals surface area contributed by atoms with Crippen LogP contribution >= 0.6 is 0 Å². The van der Waals surface area contributed by atoms with Crippen LogP contribution in [0, 0.1) is 11.2 Å². The average Bonchev–Trinajstić information content (AvgIpc) is 3.19. The molecule has 138 valence electrons. The van der Waals surface area contributed by atoms with Crippen LogP contribution in [0.3, 0.4) is 0 Å². The number of rotatable bonds is 3. The third-order valence-corrected chi connectivity index (χ3v) is 4.67. The van der Waals surface area contributed by atoms with E-state index in [1.54, 1.807) is 24.4 Å². The van der Waals surface area contributed by atoms with E-state index in [0.29, 0.717) is 40.3 Å². The predicted molar refractivity (Wildman–Crippen MR) is 104 cm³/mol. The van der Waals surface area contributed by atoms with Crippen LogP contribution in [0.4, 0.5) is 16.0 Å². The molecule has 0 saturated heterocycles. The molecule has 2 N–H and O–H groups in total. The van der Waals surface area contributed by atoms with E-state index in [4.69, 9.17) is 14.6 Å². The molecular formula is C21H15FN4O2. The molecule has 0 bridgehead atoms. The van der Waals surface area contributed by atoms with Gasteiger partial charge < -0.3 is 14.5 Å². The fourth-order valence-corrected chi connectivity index (χ4v) is 3.29. The molecule has 28 heavy (non-hydrogen) atoms. The number of nitrogens with zero attached hydrogens (tertiary/aromatic N) is 2. The van der Waals surface area contributed by atoms with Gasteiger partial charge in [0.1, 0.15) is 17.1 Å². The second-order valence-corrected chi connectivity index (χ2v) is 6.50. The van der Waals surface area contributed by atoms with Gasteiger partial charge in [-0.1, -0.05) is 6.07 Å². The van der Waals surface area contributed by atoms with Crippen molar-refractivity contribution in [1.29, 1.82) is 5.41 Å². The highest BCUT2D eigenvalue weighted by molar-refractivity contribution is 5.92. The summed E-state index contributed by atoms with van der Waals surface area (Å²) in [5.74, 6) is 1.00. The number of furan rings is 1. The Morgan fingerprint density at radius 2 is 2.00 bits per heavy atom. The molecule has 2 aromatic carbocycles. The second kappa shape index (κ2) is 6.45. The summed E-state index contributed by atoms with van der Waals surface area (Å²) < 4.78 is 24.9. The van der Waals surface area contributed by atoms with Crippen molar-refractivity contribution in [3.8, 4) is 17.0 Å². The lowest BCUT2D eigenvalue weighted by atomic mass is 10.1. The van der Waals surface area contributed by atoms with Crippen LogP contribution in [-0.2, 0) is 6.42 Å². The molecule has 2 aromatic heterocycles. The van der Waals surface area contributed by atoms with Gasteiger partial charge in [-0.2, -0.15) is 0 Å². The van der Waals surface area contributed by atoms with Crippen molar-refractivity contribution in [1.82, 2.24) is 9.97 Å². The number of nitrogens with one attached hydrogen (secondary N) is 2. The van der Waals surface area contributed by atoms with Crippen molar-refractivity contribution >= 4 is 28.5 Å². The number of aromatic nitrogens is 2. The summed E-state index contributed by atoms with van der Waals surface area (Å²) in [5, 5.41) is 11.3. The highest BCUT2D eigenvalue weighted by atomic mass is 19.1. The van der Waals surface area contributed by atoms with Gasteiger partial charge in [0, 0.05) is 29.9 Å². The maximum atomic E-state index is 13.9. The Balaban J connectivity index is 1.48. The molecule has 0 fully saturated rings. The summed E-state index contributed by atoms with van der Waals surface area (Å²) in [5.41, 5.74) is 3.59. The first-order valence-electron chi connectivity index (χ1n) is 8.82. The molecule has 0 atom stereocenters. The molecule has 6 nitrogen and oxygen atoms in total. The van der Waals surface area contributed by atoms with Crippen LogP contribution in [0.1, 0.15) is 12.0 Å². The number of anilines is 2. The summed E-state index contributed by atoms with van der Waals surface area (Å²) in [6.45, 7) is 0. The minimum atomic E-state index is -0.334. The number of halogens is 1. The summed E-state index contributed by atoms with van der Waals surface area (Å²) in [6, 6.07) is 12.1. The number of benzene rings is 2. The largest absolute Gasteiger partial charge is 0.464 e. The van der Waals surface area contributed by atoms with Crippen molar-refractivity contribution < 1.29 is 13.5 Å². The highest BCUT2D eigenvalue weighted by Crippen LogP contribution is 2.32. The zero-order chi connectivity index (χ0) is 19.1. The first kappa shape index (κ1) is 16.4. The maximum Gasteiger partial charge on any atom is 0.227 e. The zero-order valence-corrected chi connectivity index (χ0v) is 14.7. The molecular weight excluding hydrogens is 359 g/mol. The molecule has 7 heteroatoms. The van der Waals surface area contributed by atoms with Crippen LogP contribution in [0.15, 0.2) is 59.3 Å². The summed E-state index contributed by atoms with van der Waals surface area (Å²) >= 11 is 0. The molecule has 4 aromatic rings. The number of hydrogen-bond donors (Lipinski definition) is 2. The third-order valence-electron chi connectivity index (χ3n) is 4.67. The highest BCUT2D eigenvalue weighted by Gasteiger charge is 2.16. The smallest absolute Gasteiger partial charge is 0.227 e. The van der Waals surface area contributed by atoms with E-state index < -0.39 is 0 Å². The molecule has 1 aliphatic heterocycles. The Morgan fingerprint density at radius 1 is 1.07 bits per heavy atom. The molecule has 0 saturated carbocycles. The van der Waals surface area contributed by atoms with Crippen LogP contribution in [0.2, 0.25) is 0 Å². The first-order chi connectivity index (χ1) is 13.7. The monoisotopic (exact) mass is 374 g/mol. The quantitative estimate of drug-likeness (QED) is 0.523. The van der Waals surface area contributed by atoms with Gasteiger partial charge in [-0.3, -0.25) is 5.41 Å². The molecule has 1 aliphatic rings. The van der Waals surface area contributed by atoms with E-state index in [-0.39, 0.29) is 11.7 Å². The van der Waals surface area contributed by atoms with Crippen molar-refractivity contribution in [3.63, 3.8) is 0 Å². The van der Waals surface area contributed by atoms with Crippen LogP contribution in [0.5, 0.6) is 5.75 Å².